The molecule has 0 aliphatic carbocycles. The highest BCUT2D eigenvalue weighted by molar-refractivity contribution is 5.61. The van der Waals surface area contributed by atoms with Crippen LogP contribution in [0, 0.1) is 13.8 Å². The van der Waals surface area contributed by atoms with E-state index in [1.54, 1.807) is 0 Å². The summed E-state index contributed by atoms with van der Waals surface area (Å²) in [5, 5.41) is 0. The second-order valence-corrected chi connectivity index (χ2v) is 4.76. The largest absolute Gasteiger partial charge is 0.327 e. The maximum absolute atomic E-state index is 5.74. The molecule has 19 heavy (non-hydrogen) atoms. The van der Waals surface area contributed by atoms with Gasteiger partial charge in [-0.05, 0) is 50.6 Å². The molecule has 1 heterocycles. The Bertz CT molecular complexity index is 546. The second kappa shape index (κ2) is 5.85. The summed E-state index contributed by atoms with van der Waals surface area (Å²) in [6.07, 6.45) is 0. The topological polar surface area (TPSA) is 42.1 Å². The molecule has 100 valence electrons. The first kappa shape index (κ1) is 13.6. The second-order valence-electron chi connectivity index (χ2n) is 4.76. The first-order valence-electron chi connectivity index (χ1n) is 6.66. The van der Waals surface area contributed by atoms with Crippen LogP contribution < -0.4 is 10.6 Å². The molecule has 3 heteroatoms. The SMILES string of the molecule is CCN(c1ccc(C)cc1)c1cc(CN)cc(C)n1. The minimum Gasteiger partial charge on any atom is -0.327 e. The van der Waals surface area contributed by atoms with E-state index in [1.165, 1.54) is 5.56 Å². The molecule has 0 saturated carbocycles. The Labute approximate surface area is 115 Å². The molecule has 3 nitrogen and oxygen atoms in total. The molecule has 0 unspecified atom stereocenters. The van der Waals surface area contributed by atoms with E-state index in [2.05, 4.69) is 54.1 Å². The van der Waals surface area contributed by atoms with Gasteiger partial charge in [0.05, 0.1) is 0 Å². The molecular formula is C16H21N3. The van der Waals surface area contributed by atoms with Gasteiger partial charge in [-0.25, -0.2) is 4.98 Å². The van der Waals surface area contributed by atoms with E-state index in [4.69, 9.17) is 5.73 Å². The summed E-state index contributed by atoms with van der Waals surface area (Å²) in [6, 6.07) is 12.6. The molecule has 0 fully saturated rings. The number of anilines is 2. The Balaban J connectivity index is 2.41. The lowest BCUT2D eigenvalue weighted by Crippen LogP contribution is -2.18. The lowest BCUT2D eigenvalue weighted by Gasteiger charge is -2.23. The first-order chi connectivity index (χ1) is 9.13. The fraction of sp³-hybridized carbons (Fsp3) is 0.312. The number of aryl methyl sites for hydroxylation is 2. The smallest absolute Gasteiger partial charge is 0.133 e. The quantitative estimate of drug-likeness (QED) is 0.911. The highest BCUT2D eigenvalue weighted by Crippen LogP contribution is 2.24. The van der Waals surface area contributed by atoms with Gasteiger partial charge in [-0.2, -0.15) is 0 Å². The summed E-state index contributed by atoms with van der Waals surface area (Å²) in [6.45, 7) is 7.65. The standard InChI is InChI=1S/C16H21N3/c1-4-19(15-7-5-12(2)6-8-15)16-10-14(11-17)9-13(3)18-16/h5-10H,4,11,17H2,1-3H3. The minimum atomic E-state index is 0.543. The summed E-state index contributed by atoms with van der Waals surface area (Å²) in [5.41, 5.74) is 10.3. The number of pyridine rings is 1. The van der Waals surface area contributed by atoms with Gasteiger partial charge in [-0.15, -0.1) is 0 Å². The lowest BCUT2D eigenvalue weighted by molar-refractivity contribution is 0.961. The van der Waals surface area contributed by atoms with Crippen LogP contribution in [0.3, 0.4) is 0 Å². The molecule has 1 aromatic carbocycles. The molecule has 2 rings (SSSR count). The predicted octanol–water partition coefficient (Wildman–Crippen LogP) is 3.32. The zero-order valence-corrected chi connectivity index (χ0v) is 11.9. The summed E-state index contributed by atoms with van der Waals surface area (Å²) in [7, 11) is 0. The van der Waals surface area contributed by atoms with Crippen LogP contribution >= 0.6 is 0 Å². The van der Waals surface area contributed by atoms with Crippen molar-refractivity contribution >= 4 is 11.5 Å². The van der Waals surface area contributed by atoms with Gasteiger partial charge in [0.2, 0.25) is 0 Å². The van der Waals surface area contributed by atoms with Crippen molar-refractivity contribution < 1.29 is 0 Å². The van der Waals surface area contributed by atoms with Gasteiger partial charge in [0.25, 0.3) is 0 Å². The molecule has 0 aliphatic rings. The van der Waals surface area contributed by atoms with Crippen molar-refractivity contribution in [1.29, 1.82) is 0 Å². The van der Waals surface area contributed by atoms with Crippen molar-refractivity contribution in [3.63, 3.8) is 0 Å². The van der Waals surface area contributed by atoms with Gasteiger partial charge in [0.15, 0.2) is 0 Å². The first-order valence-corrected chi connectivity index (χ1v) is 6.66. The molecule has 0 bridgehead atoms. The van der Waals surface area contributed by atoms with Crippen molar-refractivity contribution in [3.05, 3.63) is 53.2 Å². The Morgan fingerprint density at radius 2 is 1.79 bits per heavy atom. The molecule has 0 atom stereocenters. The van der Waals surface area contributed by atoms with E-state index in [1.807, 2.05) is 13.0 Å². The molecule has 2 aromatic rings. The van der Waals surface area contributed by atoms with Crippen LogP contribution in [-0.2, 0) is 6.54 Å². The minimum absolute atomic E-state index is 0.543. The van der Waals surface area contributed by atoms with Crippen molar-refractivity contribution in [2.75, 3.05) is 11.4 Å². The third-order valence-corrected chi connectivity index (χ3v) is 3.17. The van der Waals surface area contributed by atoms with Gasteiger partial charge in [0.1, 0.15) is 5.82 Å². The maximum Gasteiger partial charge on any atom is 0.133 e. The van der Waals surface area contributed by atoms with Crippen LogP contribution in [0.4, 0.5) is 11.5 Å². The average molecular weight is 255 g/mol. The van der Waals surface area contributed by atoms with Crippen molar-refractivity contribution in [2.45, 2.75) is 27.3 Å². The Morgan fingerprint density at radius 1 is 1.11 bits per heavy atom. The average Bonchev–Trinajstić information content (AvgIpc) is 2.41. The molecule has 0 aliphatic heterocycles. The molecule has 0 spiro atoms. The number of aromatic nitrogens is 1. The zero-order chi connectivity index (χ0) is 13.8. The number of hydrogen-bond acceptors (Lipinski definition) is 3. The Hall–Kier alpha value is -1.87. The molecular weight excluding hydrogens is 234 g/mol. The van der Waals surface area contributed by atoms with Gasteiger partial charge >= 0.3 is 0 Å². The highest BCUT2D eigenvalue weighted by atomic mass is 15.2. The third-order valence-electron chi connectivity index (χ3n) is 3.17. The summed E-state index contributed by atoms with van der Waals surface area (Å²) >= 11 is 0. The van der Waals surface area contributed by atoms with Crippen LogP contribution in [0.5, 0.6) is 0 Å². The predicted molar refractivity (Wildman–Crippen MR) is 80.7 cm³/mol. The van der Waals surface area contributed by atoms with Crippen molar-refractivity contribution in [1.82, 2.24) is 4.98 Å². The van der Waals surface area contributed by atoms with Crippen LogP contribution in [0.2, 0.25) is 0 Å². The van der Waals surface area contributed by atoms with E-state index < -0.39 is 0 Å². The monoisotopic (exact) mass is 255 g/mol. The number of nitrogens with zero attached hydrogens (tertiary/aromatic N) is 2. The van der Waals surface area contributed by atoms with E-state index in [-0.39, 0.29) is 0 Å². The summed E-state index contributed by atoms with van der Waals surface area (Å²) < 4.78 is 0. The van der Waals surface area contributed by atoms with Crippen LogP contribution in [0.1, 0.15) is 23.7 Å². The van der Waals surface area contributed by atoms with Crippen LogP contribution in [0.25, 0.3) is 0 Å². The fourth-order valence-corrected chi connectivity index (χ4v) is 2.18. The molecule has 2 N–H and O–H groups in total. The normalized spacial score (nSPS) is 10.5. The Morgan fingerprint density at radius 3 is 2.37 bits per heavy atom. The molecule has 0 saturated heterocycles. The van der Waals surface area contributed by atoms with Gasteiger partial charge in [0, 0.05) is 24.5 Å². The van der Waals surface area contributed by atoms with Crippen molar-refractivity contribution in [2.24, 2.45) is 5.73 Å². The number of nitrogens with two attached hydrogens (primary N) is 1. The van der Waals surface area contributed by atoms with Gasteiger partial charge < -0.3 is 10.6 Å². The summed E-state index contributed by atoms with van der Waals surface area (Å²) in [5.74, 6) is 0.965. The molecule has 0 amide bonds. The Kier molecular flexibility index (Phi) is 4.17. The van der Waals surface area contributed by atoms with Gasteiger partial charge in [-0.1, -0.05) is 17.7 Å². The van der Waals surface area contributed by atoms with Crippen LogP contribution in [-0.4, -0.2) is 11.5 Å². The van der Waals surface area contributed by atoms with Crippen molar-refractivity contribution in [3.8, 4) is 0 Å². The fourth-order valence-electron chi connectivity index (χ4n) is 2.18. The number of hydrogen-bond donors (Lipinski definition) is 1. The third kappa shape index (κ3) is 3.12. The zero-order valence-electron chi connectivity index (χ0n) is 11.9. The van der Waals surface area contributed by atoms with E-state index in [0.29, 0.717) is 6.54 Å². The lowest BCUT2D eigenvalue weighted by atomic mass is 10.2. The molecule has 0 radical (unpaired) electrons. The molecule has 1 aromatic heterocycles. The van der Waals surface area contributed by atoms with E-state index >= 15 is 0 Å². The van der Waals surface area contributed by atoms with Crippen LogP contribution in [0.15, 0.2) is 36.4 Å². The number of rotatable bonds is 4. The number of benzene rings is 1. The maximum atomic E-state index is 5.74. The van der Waals surface area contributed by atoms with Gasteiger partial charge in [-0.3, -0.25) is 0 Å². The highest BCUT2D eigenvalue weighted by Gasteiger charge is 2.09. The van der Waals surface area contributed by atoms with E-state index in [0.717, 1.165) is 29.3 Å². The van der Waals surface area contributed by atoms with E-state index in [9.17, 15) is 0 Å². The summed E-state index contributed by atoms with van der Waals surface area (Å²) in [4.78, 5) is 6.82.